The molecule has 0 bridgehead atoms. The Kier molecular flexibility index (Phi) is 4.43. The number of pyridine rings is 1. The molecule has 0 saturated carbocycles. The van der Waals surface area contributed by atoms with Gasteiger partial charge in [-0.05, 0) is 12.1 Å². The van der Waals surface area contributed by atoms with Crippen molar-refractivity contribution in [1.82, 2.24) is 4.98 Å². The van der Waals surface area contributed by atoms with Crippen molar-refractivity contribution in [2.24, 2.45) is 0 Å². The van der Waals surface area contributed by atoms with E-state index in [4.69, 9.17) is 0 Å². The predicted octanol–water partition coefficient (Wildman–Crippen LogP) is 1.76. The lowest BCUT2D eigenvalue weighted by atomic mass is 10.4. The van der Waals surface area contributed by atoms with Crippen LogP contribution in [0.3, 0.4) is 0 Å². The molecular formula is C7H8BrFN2O. The van der Waals surface area contributed by atoms with Crippen LogP contribution in [0, 0.1) is 5.82 Å². The highest BCUT2D eigenvalue weighted by molar-refractivity contribution is 8.93. The first kappa shape index (κ1) is 11.0. The van der Waals surface area contributed by atoms with E-state index in [1.807, 2.05) is 0 Å². The maximum absolute atomic E-state index is 12.2. The van der Waals surface area contributed by atoms with E-state index in [2.05, 4.69) is 10.3 Å². The van der Waals surface area contributed by atoms with Crippen molar-refractivity contribution < 1.29 is 9.18 Å². The van der Waals surface area contributed by atoms with Gasteiger partial charge < -0.3 is 5.32 Å². The molecule has 0 saturated heterocycles. The maximum atomic E-state index is 12.2. The Bertz CT molecular complexity index is 263. The van der Waals surface area contributed by atoms with E-state index >= 15 is 0 Å². The molecule has 1 heterocycles. The molecule has 0 aliphatic heterocycles. The van der Waals surface area contributed by atoms with Gasteiger partial charge in [0, 0.05) is 6.92 Å². The van der Waals surface area contributed by atoms with Crippen LogP contribution in [0.15, 0.2) is 18.3 Å². The smallest absolute Gasteiger partial charge is 0.222 e. The molecular weight excluding hydrogens is 227 g/mol. The average Bonchev–Trinajstić information content (AvgIpc) is 1.93. The minimum absolute atomic E-state index is 0. The fraction of sp³-hybridized carbons (Fsp3) is 0.143. The van der Waals surface area contributed by atoms with Crippen molar-refractivity contribution in [1.29, 1.82) is 0 Å². The van der Waals surface area contributed by atoms with Crippen molar-refractivity contribution >= 4 is 28.7 Å². The predicted molar refractivity (Wildman–Crippen MR) is 48.8 cm³/mol. The largest absolute Gasteiger partial charge is 0.311 e. The van der Waals surface area contributed by atoms with E-state index in [9.17, 15) is 9.18 Å². The highest BCUT2D eigenvalue weighted by Gasteiger charge is 1.95. The molecule has 0 aliphatic rings. The molecule has 1 aromatic rings. The fourth-order valence-corrected chi connectivity index (χ4v) is 0.630. The van der Waals surface area contributed by atoms with Gasteiger partial charge in [-0.1, -0.05) is 0 Å². The number of aromatic nitrogens is 1. The SMILES string of the molecule is Br.CC(=O)Nc1ccc(F)cn1. The van der Waals surface area contributed by atoms with Crippen molar-refractivity contribution in [2.75, 3.05) is 5.32 Å². The van der Waals surface area contributed by atoms with Crippen LogP contribution in [0.4, 0.5) is 10.2 Å². The molecule has 0 atom stereocenters. The molecule has 0 spiro atoms. The van der Waals surface area contributed by atoms with Crippen LogP contribution < -0.4 is 5.32 Å². The number of hydrogen-bond acceptors (Lipinski definition) is 2. The van der Waals surface area contributed by atoms with Gasteiger partial charge >= 0.3 is 0 Å². The fourth-order valence-electron chi connectivity index (χ4n) is 0.630. The average molecular weight is 235 g/mol. The van der Waals surface area contributed by atoms with Crippen molar-refractivity contribution in [3.63, 3.8) is 0 Å². The van der Waals surface area contributed by atoms with Gasteiger partial charge in [0.05, 0.1) is 6.20 Å². The number of anilines is 1. The van der Waals surface area contributed by atoms with E-state index in [0.29, 0.717) is 5.82 Å². The van der Waals surface area contributed by atoms with Gasteiger partial charge in [-0.2, -0.15) is 0 Å². The van der Waals surface area contributed by atoms with Crippen molar-refractivity contribution in [2.45, 2.75) is 6.92 Å². The zero-order valence-electron chi connectivity index (χ0n) is 6.37. The van der Waals surface area contributed by atoms with Crippen molar-refractivity contribution in [3.05, 3.63) is 24.1 Å². The molecule has 0 radical (unpaired) electrons. The highest BCUT2D eigenvalue weighted by Crippen LogP contribution is 2.02. The number of carbonyl (C=O) groups excluding carboxylic acids is 1. The maximum Gasteiger partial charge on any atom is 0.222 e. The lowest BCUT2D eigenvalue weighted by Crippen LogP contribution is -2.06. The summed E-state index contributed by atoms with van der Waals surface area (Å²) in [6, 6.07) is 2.63. The second-order valence-corrected chi connectivity index (χ2v) is 2.04. The molecule has 1 amide bonds. The van der Waals surface area contributed by atoms with Crippen LogP contribution in [0.25, 0.3) is 0 Å². The van der Waals surface area contributed by atoms with Crippen LogP contribution >= 0.6 is 17.0 Å². The number of rotatable bonds is 1. The van der Waals surface area contributed by atoms with Gasteiger partial charge in [0.2, 0.25) is 5.91 Å². The van der Waals surface area contributed by atoms with Crippen LogP contribution in [0.5, 0.6) is 0 Å². The quantitative estimate of drug-likeness (QED) is 0.805. The summed E-state index contributed by atoms with van der Waals surface area (Å²) in [7, 11) is 0. The summed E-state index contributed by atoms with van der Waals surface area (Å²) in [5, 5.41) is 2.42. The minimum atomic E-state index is -0.417. The van der Waals surface area contributed by atoms with E-state index in [1.54, 1.807) is 0 Å². The molecule has 1 rings (SSSR count). The Morgan fingerprint density at radius 2 is 2.25 bits per heavy atom. The summed E-state index contributed by atoms with van der Waals surface area (Å²) in [5.41, 5.74) is 0. The second-order valence-electron chi connectivity index (χ2n) is 2.04. The molecule has 0 fully saturated rings. The number of halogens is 2. The molecule has 5 heteroatoms. The lowest BCUT2D eigenvalue weighted by Gasteiger charge is -1.98. The Morgan fingerprint density at radius 3 is 2.67 bits per heavy atom. The third kappa shape index (κ3) is 3.43. The molecule has 0 unspecified atom stereocenters. The first-order valence-electron chi connectivity index (χ1n) is 3.07. The van der Waals surface area contributed by atoms with Gasteiger partial charge in [-0.3, -0.25) is 4.79 Å². The molecule has 12 heavy (non-hydrogen) atoms. The van der Waals surface area contributed by atoms with Gasteiger partial charge in [-0.25, -0.2) is 9.37 Å². The zero-order chi connectivity index (χ0) is 8.27. The molecule has 3 nitrogen and oxygen atoms in total. The zero-order valence-corrected chi connectivity index (χ0v) is 8.09. The third-order valence-electron chi connectivity index (χ3n) is 1.03. The Labute approximate surface area is 79.8 Å². The first-order chi connectivity index (χ1) is 5.18. The molecule has 1 aromatic heterocycles. The topological polar surface area (TPSA) is 42.0 Å². The summed E-state index contributed by atoms with van der Waals surface area (Å²) in [4.78, 5) is 14.1. The van der Waals surface area contributed by atoms with Crippen LogP contribution in [-0.2, 0) is 4.79 Å². The molecule has 66 valence electrons. The third-order valence-corrected chi connectivity index (χ3v) is 1.03. The van der Waals surface area contributed by atoms with Gasteiger partial charge in [-0.15, -0.1) is 17.0 Å². The summed E-state index contributed by atoms with van der Waals surface area (Å²) in [5.74, 6) is -0.276. The summed E-state index contributed by atoms with van der Waals surface area (Å²) in [6.45, 7) is 1.37. The van der Waals surface area contributed by atoms with E-state index in [1.165, 1.54) is 19.1 Å². The highest BCUT2D eigenvalue weighted by atomic mass is 79.9. The van der Waals surface area contributed by atoms with Crippen LogP contribution in [0.1, 0.15) is 6.92 Å². The normalized spacial score (nSPS) is 8.50. The van der Waals surface area contributed by atoms with E-state index in [-0.39, 0.29) is 22.9 Å². The summed E-state index contributed by atoms with van der Waals surface area (Å²) >= 11 is 0. The summed E-state index contributed by atoms with van der Waals surface area (Å²) in [6.07, 6.45) is 1.05. The van der Waals surface area contributed by atoms with Gasteiger partial charge in [0.1, 0.15) is 11.6 Å². The van der Waals surface area contributed by atoms with E-state index in [0.717, 1.165) is 6.20 Å². The summed E-state index contributed by atoms with van der Waals surface area (Å²) < 4.78 is 12.2. The molecule has 1 N–H and O–H groups in total. The Hall–Kier alpha value is -0.970. The number of nitrogens with one attached hydrogen (secondary N) is 1. The van der Waals surface area contributed by atoms with Crippen LogP contribution in [0.2, 0.25) is 0 Å². The lowest BCUT2D eigenvalue weighted by molar-refractivity contribution is -0.114. The van der Waals surface area contributed by atoms with E-state index < -0.39 is 5.82 Å². The number of amides is 1. The van der Waals surface area contributed by atoms with Gasteiger partial charge in [0.25, 0.3) is 0 Å². The molecule has 0 aromatic carbocycles. The van der Waals surface area contributed by atoms with Crippen molar-refractivity contribution in [3.8, 4) is 0 Å². The Balaban J connectivity index is 0.00000121. The number of nitrogens with zero attached hydrogens (tertiary/aromatic N) is 1. The Morgan fingerprint density at radius 1 is 1.58 bits per heavy atom. The standard InChI is InChI=1S/C7H7FN2O.BrH/c1-5(11)10-7-3-2-6(8)4-9-7;/h2-4H,1H3,(H,9,10,11);1H. The van der Waals surface area contributed by atoms with Crippen LogP contribution in [-0.4, -0.2) is 10.9 Å². The van der Waals surface area contributed by atoms with Gasteiger partial charge in [0.15, 0.2) is 0 Å². The first-order valence-corrected chi connectivity index (χ1v) is 3.07. The molecule has 0 aliphatic carbocycles. The second kappa shape index (κ2) is 4.82. The number of carbonyl (C=O) groups is 1. The minimum Gasteiger partial charge on any atom is -0.311 e. The monoisotopic (exact) mass is 234 g/mol. The number of hydrogen-bond donors (Lipinski definition) is 1.